The molecule has 3 heteroatoms. The second-order valence-electron chi connectivity index (χ2n) is 4.97. The monoisotopic (exact) mass is 266 g/mol. The zero-order valence-electron chi connectivity index (χ0n) is 11.4. The maximum absolute atomic E-state index is 6.37. The summed E-state index contributed by atoms with van der Waals surface area (Å²) in [6.07, 6.45) is 3.79. The Kier molecular flexibility index (Phi) is 4.90. The van der Waals surface area contributed by atoms with E-state index < -0.39 is 0 Å². The van der Waals surface area contributed by atoms with Crippen LogP contribution in [0.25, 0.3) is 0 Å². The molecule has 1 N–H and O–H groups in total. The first-order valence-electron chi connectivity index (χ1n) is 7.02. The van der Waals surface area contributed by atoms with Gasteiger partial charge in [-0.15, -0.1) is 0 Å². The summed E-state index contributed by atoms with van der Waals surface area (Å²) < 4.78 is 0. The largest absolute Gasteiger partial charge is 0.372 e. The van der Waals surface area contributed by atoms with E-state index in [0.29, 0.717) is 0 Å². The van der Waals surface area contributed by atoms with E-state index in [1.54, 1.807) is 0 Å². The molecule has 1 saturated carbocycles. The summed E-state index contributed by atoms with van der Waals surface area (Å²) in [4.78, 5) is 2.41. The average Bonchev–Trinajstić information content (AvgIpc) is 3.18. The van der Waals surface area contributed by atoms with Crippen LogP contribution in [-0.4, -0.2) is 19.1 Å². The number of nitrogens with zero attached hydrogens (tertiary/aromatic N) is 1. The van der Waals surface area contributed by atoms with E-state index in [1.165, 1.54) is 24.1 Å². The third kappa shape index (κ3) is 3.39. The molecule has 1 aromatic rings. The first-order valence-corrected chi connectivity index (χ1v) is 7.39. The van der Waals surface area contributed by atoms with Crippen LogP contribution >= 0.6 is 11.6 Å². The molecular formula is C15H23ClN2. The summed E-state index contributed by atoms with van der Waals surface area (Å²) in [5.74, 6) is 0. The Morgan fingerprint density at radius 2 is 2.11 bits per heavy atom. The van der Waals surface area contributed by atoms with Crippen molar-refractivity contribution in [3.63, 3.8) is 0 Å². The van der Waals surface area contributed by atoms with Gasteiger partial charge in [0.05, 0.1) is 0 Å². The van der Waals surface area contributed by atoms with E-state index in [-0.39, 0.29) is 0 Å². The Balaban J connectivity index is 2.17. The van der Waals surface area contributed by atoms with Crippen LogP contribution in [0.5, 0.6) is 0 Å². The highest BCUT2D eigenvalue weighted by Gasteiger charge is 2.21. The number of rotatable bonds is 7. The second kappa shape index (κ2) is 6.44. The standard InChI is InChI=1S/C15H23ClN2/c1-3-10-18(4-2)15-7-5-6-14(16)13(15)11-17-12-8-9-12/h5-7,12,17H,3-4,8-11H2,1-2H3. The molecule has 0 saturated heterocycles. The van der Waals surface area contributed by atoms with Gasteiger partial charge < -0.3 is 10.2 Å². The molecule has 0 atom stereocenters. The Morgan fingerprint density at radius 1 is 1.33 bits per heavy atom. The van der Waals surface area contributed by atoms with Gasteiger partial charge in [0.25, 0.3) is 0 Å². The Hall–Kier alpha value is -0.730. The van der Waals surface area contributed by atoms with Crippen LogP contribution in [0.4, 0.5) is 5.69 Å². The van der Waals surface area contributed by atoms with Crippen LogP contribution in [0.1, 0.15) is 38.7 Å². The van der Waals surface area contributed by atoms with Gasteiger partial charge in [-0.25, -0.2) is 0 Å². The lowest BCUT2D eigenvalue weighted by Gasteiger charge is -2.26. The van der Waals surface area contributed by atoms with Crippen molar-refractivity contribution in [2.24, 2.45) is 0 Å². The lowest BCUT2D eigenvalue weighted by atomic mass is 10.1. The highest BCUT2D eigenvalue weighted by atomic mass is 35.5. The molecule has 1 aliphatic carbocycles. The van der Waals surface area contributed by atoms with E-state index in [1.807, 2.05) is 6.07 Å². The molecule has 0 heterocycles. The average molecular weight is 267 g/mol. The van der Waals surface area contributed by atoms with Crippen LogP contribution in [0, 0.1) is 0 Å². The summed E-state index contributed by atoms with van der Waals surface area (Å²) in [5, 5.41) is 4.45. The first kappa shape index (κ1) is 13.7. The number of hydrogen-bond donors (Lipinski definition) is 1. The van der Waals surface area contributed by atoms with Gasteiger partial charge in [0.2, 0.25) is 0 Å². The van der Waals surface area contributed by atoms with E-state index in [9.17, 15) is 0 Å². The minimum atomic E-state index is 0.718. The van der Waals surface area contributed by atoms with Crippen LogP contribution in [-0.2, 0) is 6.54 Å². The molecule has 0 radical (unpaired) electrons. The molecule has 1 aliphatic rings. The van der Waals surface area contributed by atoms with Gasteiger partial charge in [-0.3, -0.25) is 0 Å². The van der Waals surface area contributed by atoms with Gasteiger partial charge in [-0.2, -0.15) is 0 Å². The smallest absolute Gasteiger partial charge is 0.0471 e. The minimum absolute atomic E-state index is 0.718. The van der Waals surface area contributed by atoms with Gasteiger partial charge in [0.15, 0.2) is 0 Å². The SMILES string of the molecule is CCCN(CC)c1cccc(Cl)c1CNC1CC1. The van der Waals surface area contributed by atoms with Crippen LogP contribution in [0.2, 0.25) is 5.02 Å². The zero-order valence-corrected chi connectivity index (χ0v) is 12.1. The Labute approximate surface area is 115 Å². The van der Waals surface area contributed by atoms with E-state index in [0.717, 1.165) is 37.1 Å². The molecule has 2 rings (SSSR count). The van der Waals surface area contributed by atoms with Crippen molar-refractivity contribution in [2.45, 2.75) is 45.7 Å². The van der Waals surface area contributed by atoms with Crippen molar-refractivity contribution in [3.8, 4) is 0 Å². The van der Waals surface area contributed by atoms with Crippen molar-refractivity contribution in [3.05, 3.63) is 28.8 Å². The fraction of sp³-hybridized carbons (Fsp3) is 0.600. The molecule has 1 aromatic carbocycles. The number of halogens is 1. The first-order chi connectivity index (χ1) is 8.76. The van der Waals surface area contributed by atoms with E-state index >= 15 is 0 Å². The zero-order chi connectivity index (χ0) is 13.0. The Bertz CT molecular complexity index is 388. The fourth-order valence-electron chi connectivity index (χ4n) is 2.27. The lowest BCUT2D eigenvalue weighted by Crippen LogP contribution is -2.26. The second-order valence-corrected chi connectivity index (χ2v) is 5.38. The minimum Gasteiger partial charge on any atom is -0.372 e. The molecule has 18 heavy (non-hydrogen) atoms. The van der Waals surface area contributed by atoms with Crippen molar-refractivity contribution >= 4 is 17.3 Å². The van der Waals surface area contributed by atoms with Gasteiger partial charge in [-0.1, -0.05) is 24.6 Å². The summed E-state index contributed by atoms with van der Waals surface area (Å²) in [6, 6.07) is 6.95. The van der Waals surface area contributed by atoms with Crippen LogP contribution < -0.4 is 10.2 Å². The number of nitrogens with one attached hydrogen (secondary N) is 1. The van der Waals surface area contributed by atoms with E-state index in [4.69, 9.17) is 11.6 Å². The molecule has 100 valence electrons. The molecule has 0 aromatic heterocycles. The third-order valence-electron chi connectivity index (χ3n) is 3.45. The van der Waals surface area contributed by atoms with Gasteiger partial charge in [0.1, 0.15) is 0 Å². The summed E-state index contributed by atoms with van der Waals surface area (Å²) in [7, 11) is 0. The number of benzene rings is 1. The quantitative estimate of drug-likeness (QED) is 0.807. The predicted octanol–water partition coefficient (Wildman–Crippen LogP) is 3.83. The molecule has 0 bridgehead atoms. The summed E-state index contributed by atoms with van der Waals surface area (Å²) >= 11 is 6.37. The summed E-state index contributed by atoms with van der Waals surface area (Å²) in [6.45, 7) is 7.43. The van der Waals surface area contributed by atoms with Crippen LogP contribution in [0.15, 0.2) is 18.2 Å². The van der Waals surface area contributed by atoms with Gasteiger partial charge in [0, 0.05) is 41.9 Å². The van der Waals surface area contributed by atoms with Crippen molar-refractivity contribution in [1.82, 2.24) is 5.32 Å². The Morgan fingerprint density at radius 3 is 2.72 bits per heavy atom. The van der Waals surface area contributed by atoms with Gasteiger partial charge in [-0.05, 0) is 38.3 Å². The maximum Gasteiger partial charge on any atom is 0.0471 e. The molecule has 2 nitrogen and oxygen atoms in total. The number of hydrogen-bond acceptors (Lipinski definition) is 2. The maximum atomic E-state index is 6.37. The van der Waals surface area contributed by atoms with Crippen LogP contribution in [0.3, 0.4) is 0 Å². The molecule has 1 fully saturated rings. The highest BCUT2D eigenvalue weighted by Crippen LogP contribution is 2.29. The predicted molar refractivity (Wildman–Crippen MR) is 79.5 cm³/mol. The fourth-order valence-corrected chi connectivity index (χ4v) is 2.51. The molecular weight excluding hydrogens is 244 g/mol. The van der Waals surface area contributed by atoms with Crippen molar-refractivity contribution < 1.29 is 0 Å². The topological polar surface area (TPSA) is 15.3 Å². The molecule has 0 spiro atoms. The lowest BCUT2D eigenvalue weighted by molar-refractivity contribution is 0.682. The molecule has 0 aliphatic heterocycles. The third-order valence-corrected chi connectivity index (χ3v) is 3.81. The molecule has 0 unspecified atom stereocenters. The van der Waals surface area contributed by atoms with Crippen molar-refractivity contribution in [1.29, 1.82) is 0 Å². The summed E-state index contributed by atoms with van der Waals surface area (Å²) in [5.41, 5.74) is 2.54. The normalized spacial score (nSPS) is 14.8. The van der Waals surface area contributed by atoms with Gasteiger partial charge >= 0.3 is 0 Å². The highest BCUT2D eigenvalue weighted by molar-refractivity contribution is 6.31. The molecule has 0 amide bonds. The number of anilines is 1. The van der Waals surface area contributed by atoms with Crippen molar-refractivity contribution in [2.75, 3.05) is 18.0 Å². The van der Waals surface area contributed by atoms with E-state index in [2.05, 4.69) is 36.2 Å².